The minimum absolute atomic E-state index is 0.125. The lowest BCUT2D eigenvalue weighted by Crippen LogP contribution is -2.15. The van der Waals surface area contributed by atoms with Crippen LogP contribution >= 0.6 is 0 Å². The summed E-state index contributed by atoms with van der Waals surface area (Å²) in [5.74, 6) is 0. The van der Waals surface area contributed by atoms with Crippen LogP contribution in [-0.4, -0.2) is 18.6 Å². The number of fused-ring (bicyclic) bond motifs is 1. The molecule has 1 aromatic carbocycles. The maximum absolute atomic E-state index is 6.30. The number of nitrogens with two attached hydrogens (primary N) is 1. The van der Waals surface area contributed by atoms with E-state index in [4.69, 9.17) is 5.73 Å². The smallest absolute Gasteiger partial charge is 0.0459 e. The van der Waals surface area contributed by atoms with Gasteiger partial charge < -0.3 is 16.0 Å². The zero-order valence-electron chi connectivity index (χ0n) is 10.6. The standard InChI is InChI=1S/C14H21N3/c1-10-14(12(15)7-5-9-16-2)11-6-3-4-8-13(11)17-10/h3-4,6,8,12,16-17H,5,7,9,15H2,1-2H3. The zero-order chi connectivity index (χ0) is 12.3. The van der Waals surface area contributed by atoms with Crippen molar-refractivity contribution >= 4 is 10.9 Å². The van der Waals surface area contributed by atoms with Crippen LogP contribution in [0.25, 0.3) is 10.9 Å². The summed E-state index contributed by atoms with van der Waals surface area (Å²) in [5.41, 5.74) is 9.96. The molecule has 1 aromatic heterocycles. The Labute approximate surface area is 102 Å². The predicted octanol–water partition coefficient (Wildman–Crippen LogP) is 2.48. The molecule has 3 nitrogen and oxygen atoms in total. The molecular formula is C14H21N3. The molecule has 1 heterocycles. The Morgan fingerprint density at radius 1 is 1.35 bits per heavy atom. The Hall–Kier alpha value is -1.32. The van der Waals surface area contributed by atoms with Crippen LogP contribution in [0.15, 0.2) is 24.3 Å². The van der Waals surface area contributed by atoms with E-state index in [1.165, 1.54) is 22.2 Å². The molecule has 1 unspecified atom stereocenters. The maximum Gasteiger partial charge on any atom is 0.0459 e. The Morgan fingerprint density at radius 2 is 2.12 bits per heavy atom. The van der Waals surface area contributed by atoms with Crippen LogP contribution in [0.4, 0.5) is 0 Å². The molecule has 0 bridgehead atoms. The first-order valence-corrected chi connectivity index (χ1v) is 6.21. The predicted molar refractivity (Wildman–Crippen MR) is 73.1 cm³/mol. The van der Waals surface area contributed by atoms with E-state index in [1.807, 2.05) is 7.05 Å². The first kappa shape index (κ1) is 12.1. The Morgan fingerprint density at radius 3 is 2.88 bits per heavy atom. The van der Waals surface area contributed by atoms with E-state index in [0.29, 0.717) is 0 Å². The molecule has 0 aliphatic rings. The number of aromatic nitrogens is 1. The summed E-state index contributed by atoms with van der Waals surface area (Å²) in [6.45, 7) is 3.13. The summed E-state index contributed by atoms with van der Waals surface area (Å²) >= 11 is 0. The van der Waals surface area contributed by atoms with Gasteiger partial charge in [0.05, 0.1) is 0 Å². The fourth-order valence-electron chi connectivity index (χ4n) is 2.42. The van der Waals surface area contributed by atoms with E-state index >= 15 is 0 Å². The van der Waals surface area contributed by atoms with Crippen LogP contribution in [-0.2, 0) is 0 Å². The van der Waals surface area contributed by atoms with Crippen molar-refractivity contribution in [2.24, 2.45) is 5.73 Å². The Kier molecular flexibility index (Phi) is 3.82. The molecule has 0 spiro atoms. The molecule has 0 aliphatic heterocycles. The van der Waals surface area contributed by atoms with Gasteiger partial charge in [0.2, 0.25) is 0 Å². The lowest BCUT2D eigenvalue weighted by Gasteiger charge is -2.12. The number of aromatic amines is 1. The van der Waals surface area contributed by atoms with Crippen LogP contribution in [0.1, 0.15) is 30.1 Å². The lowest BCUT2D eigenvalue weighted by molar-refractivity contribution is 0.591. The number of rotatable bonds is 5. The molecule has 92 valence electrons. The zero-order valence-corrected chi connectivity index (χ0v) is 10.6. The van der Waals surface area contributed by atoms with Crippen molar-refractivity contribution in [3.63, 3.8) is 0 Å². The molecule has 0 radical (unpaired) electrons. The second-order valence-electron chi connectivity index (χ2n) is 4.56. The van der Waals surface area contributed by atoms with Crippen LogP contribution in [0.5, 0.6) is 0 Å². The number of hydrogen-bond donors (Lipinski definition) is 3. The molecule has 2 rings (SSSR count). The molecule has 0 saturated heterocycles. The van der Waals surface area contributed by atoms with E-state index in [-0.39, 0.29) is 6.04 Å². The summed E-state index contributed by atoms with van der Waals surface area (Å²) in [5, 5.41) is 4.42. The summed E-state index contributed by atoms with van der Waals surface area (Å²) in [6.07, 6.45) is 2.13. The molecule has 2 aromatic rings. The fourth-order valence-corrected chi connectivity index (χ4v) is 2.42. The highest BCUT2D eigenvalue weighted by Gasteiger charge is 2.14. The number of H-pyrrole nitrogens is 1. The molecular weight excluding hydrogens is 210 g/mol. The van der Waals surface area contributed by atoms with Crippen LogP contribution in [0.3, 0.4) is 0 Å². The summed E-state index contributed by atoms with van der Waals surface area (Å²) in [4.78, 5) is 3.40. The normalized spacial score (nSPS) is 13.1. The van der Waals surface area contributed by atoms with Gasteiger partial charge in [0.25, 0.3) is 0 Å². The van der Waals surface area contributed by atoms with E-state index in [2.05, 4.69) is 41.5 Å². The average molecular weight is 231 g/mol. The Balaban J connectivity index is 2.24. The number of benzene rings is 1. The van der Waals surface area contributed by atoms with Crippen molar-refractivity contribution in [3.8, 4) is 0 Å². The first-order chi connectivity index (χ1) is 8.24. The van der Waals surface area contributed by atoms with Gasteiger partial charge in [-0.15, -0.1) is 0 Å². The van der Waals surface area contributed by atoms with Gasteiger partial charge in [0.1, 0.15) is 0 Å². The number of aryl methyl sites for hydroxylation is 1. The van der Waals surface area contributed by atoms with Gasteiger partial charge in [-0.05, 0) is 45.0 Å². The quantitative estimate of drug-likeness (QED) is 0.692. The topological polar surface area (TPSA) is 53.8 Å². The van der Waals surface area contributed by atoms with E-state index in [1.54, 1.807) is 0 Å². The van der Waals surface area contributed by atoms with Crippen LogP contribution in [0, 0.1) is 6.92 Å². The van der Waals surface area contributed by atoms with E-state index in [9.17, 15) is 0 Å². The molecule has 17 heavy (non-hydrogen) atoms. The van der Waals surface area contributed by atoms with Gasteiger partial charge in [0, 0.05) is 22.6 Å². The van der Waals surface area contributed by atoms with Crippen molar-refractivity contribution in [2.75, 3.05) is 13.6 Å². The van der Waals surface area contributed by atoms with Crippen molar-refractivity contribution < 1.29 is 0 Å². The second-order valence-corrected chi connectivity index (χ2v) is 4.56. The van der Waals surface area contributed by atoms with Crippen LogP contribution in [0.2, 0.25) is 0 Å². The van der Waals surface area contributed by atoms with E-state index < -0.39 is 0 Å². The highest BCUT2D eigenvalue weighted by Crippen LogP contribution is 2.28. The third-order valence-corrected chi connectivity index (χ3v) is 3.26. The number of para-hydroxylation sites is 1. The van der Waals surface area contributed by atoms with Gasteiger partial charge >= 0.3 is 0 Å². The summed E-state index contributed by atoms with van der Waals surface area (Å²) in [7, 11) is 1.97. The van der Waals surface area contributed by atoms with Gasteiger partial charge in [0.15, 0.2) is 0 Å². The monoisotopic (exact) mass is 231 g/mol. The third-order valence-electron chi connectivity index (χ3n) is 3.26. The van der Waals surface area contributed by atoms with Gasteiger partial charge in [-0.2, -0.15) is 0 Å². The molecule has 0 fully saturated rings. The number of hydrogen-bond acceptors (Lipinski definition) is 2. The SMILES string of the molecule is CNCCCC(N)c1c(C)[nH]c2ccccc12. The molecule has 0 aliphatic carbocycles. The molecule has 1 atom stereocenters. The fraction of sp³-hybridized carbons (Fsp3) is 0.429. The van der Waals surface area contributed by atoms with Crippen molar-refractivity contribution in [2.45, 2.75) is 25.8 Å². The second kappa shape index (κ2) is 5.34. The summed E-state index contributed by atoms with van der Waals surface area (Å²) in [6, 6.07) is 8.49. The highest BCUT2D eigenvalue weighted by atomic mass is 14.8. The van der Waals surface area contributed by atoms with Gasteiger partial charge in [-0.1, -0.05) is 18.2 Å². The van der Waals surface area contributed by atoms with Crippen molar-refractivity contribution in [1.29, 1.82) is 0 Å². The lowest BCUT2D eigenvalue weighted by atomic mass is 10.00. The van der Waals surface area contributed by atoms with Gasteiger partial charge in [-0.3, -0.25) is 0 Å². The third kappa shape index (κ3) is 2.51. The van der Waals surface area contributed by atoms with Crippen molar-refractivity contribution in [3.05, 3.63) is 35.5 Å². The van der Waals surface area contributed by atoms with Crippen molar-refractivity contribution in [1.82, 2.24) is 10.3 Å². The molecule has 4 N–H and O–H groups in total. The minimum atomic E-state index is 0.125. The van der Waals surface area contributed by atoms with E-state index in [0.717, 1.165) is 19.4 Å². The number of nitrogens with one attached hydrogen (secondary N) is 2. The molecule has 0 saturated carbocycles. The van der Waals surface area contributed by atoms with Crippen LogP contribution < -0.4 is 11.1 Å². The molecule has 0 amide bonds. The highest BCUT2D eigenvalue weighted by molar-refractivity contribution is 5.85. The largest absolute Gasteiger partial charge is 0.358 e. The van der Waals surface area contributed by atoms with Gasteiger partial charge in [-0.25, -0.2) is 0 Å². The minimum Gasteiger partial charge on any atom is -0.358 e. The average Bonchev–Trinajstić information content (AvgIpc) is 2.65. The molecule has 3 heteroatoms. The summed E-state index contributed by atoms with van der Waals surface area (Å²) < 4.78 is 0. The maximum atomic E-state index is 6.30. The Bertz CT molecular complexity index is 487. The first-order valence-electron chi connectivity index (χ1n) is 6.21.